The van der Waals surface area contributed by atoms with Gasteiger partial charge in [0.1, 0.15) is 0 Å². The first-order valence-corrected chi connectivity index (χ1v) is 21.1. The fourth-order valence-corrected chi connectivity index (χ4v) is 22.5. The number of unbranched alkanes of at least 4 members (excludes halogenated alkanes) is 3. The van der Waals surface area contributed by atoms with E-state index in [0.717, 1.165) is 0 Å². The standard InChI is InChI=1S/C18H18N.3C4H9.Sn/c1-2-7-14(8-3-1)17-13-19-12-6-11-18(19)16-10-5-4-9-15(16)17;3*1-3-4-2;/h2-5,7-10,17-18H,6,11-13H2;3*1,3-4H2,2H3;/t17-,18+;;;;/m0..../s1. The van der Waals surface area contributed by atoms with E-state index >= 15 is 0 Å². The summed E-state index contributed by atoms with van der Waals surface area (Å²) in [5.41, 5.74) is 4.75. The van der Waals surface area contributed by atoms with Crippen LogP contribution in [0.15, 0.2) is 48.5 Å². The van der Waals surface area contributed by atoms with Crippen LogP contribution in [0.1, 0.15) is 101 Å². The zero-order chi connectivity index (χ0) is 22.4. The van der Waals surface area contributed by atoms with Gasteiger partial charge in [0.05, 0.1) is 0 Å². The van der Waals surface area contributed by atoms with Crippen LogP contribution in [0.2, 0.25) is 13.3 Å². The fraction of sp³-hybridized carbons (Fsp3) is 0.600. The monoisotopic (exact) mass is 539 g/mol. The Balaban J connectivity index is 1.64. The van der Waals surface area contributed by atoms with Crippen LogP contribution in [0, 0.1) is 0 Å². The molecule has 2 aromatic carbocycles. The van der Waals surface area contributed by atoms with Crippen molar-refractivity contribution in [2.75, 3.05) is 13.1 Å². The van der Waals surface area contributed by atoms with E-state index in [1.54, 1.807) is 30.0 Å². The first-order chi connectivity index (χ1) is 15.7. The van der Waals surface area contributed by atoms with Gasteiger partial charge >= 0.3 is 203 Å². The molecule has 4 rings (SSSR count). The fourth-order valence-electron chi connectivity index (χ4n) is 6.57. The minimum absolute atomic E-state index is 0.543. The Morgan fingerprint density at radius 3 is 1.97 bits per heavy atom. The maximum atomic E-state index is 2.76. The summed E-state index contributed by atoms with van der Waals surface area (Å²) in [5.74, 6) is 0.543. The summed E-state index contributed by atoms with van der Waals surface area (Å²) >= 11 is -2.33. The number of fused-ring (bicyclic) bond motifs is 3. The van der Waals surface area contributed by atoms with Crippen molar-refractivity contribution in [2.24, 2.45) is 0 Å². The van der Waals surface area contributed by atoms with E-state index in [1.807, 2.05) is 3.58 Å². The van der Waals surface area contributed by atoms with Crippen LogP contribution >= 0.6 is 0 Å². The van der Waals surface area contributed by atoms with Gasteiger partial charge in [-0.15, -0.1) is 0 Å². The van der Waals surface area contributed by atoms with Crippen LogP contribution in [0.3, 0.4) is 0 Å². The Morgan fingerprint density at radius 2 is 1.38 bits per heavy atom. The van der Waals surface area contributed by atoms with E-state index < -0.39 is 18.4 Å². The Labute approximate surface area is 201 Å². The average molecular weight is 538 g/mol. The van der Waals surface area contributed by atoms with Crippen molar-refractivity contribution >= 4 is 22.0 Å². The molecule has 0 aromatic heterocycles. The van der Waals surface area contributed by atoms with Crippen LogP contribution in [-0.4, -0.2) is 36.4 Å². The summed E-state index contributed by atoms with van der Waals surface area (Å²) in [6.45, 7) is 9.62. The summed E-state index contributed by atoms with van der Waals surface area (Å²) < 4.78 is 6.51. The molecule has 0 amide bonds. The third-order valence-corrected chi connectivity index (χ3v) is 24.1. The number of benzene rings is 2. The molecule has 1 fully saturated rings. The topological polar surface area (TPSA) is 3.24 Å². The first kappa shape index (κ1) is 24.3. The number of hydrogen-bond acceptors (Lipinski definition) is 1. The molecule has 32 heavy (non-hydrogen) atoms. The van der Waals surface area contributed by atoms with Crippen molar-refractivity contribution in [3.05, 3.63) is 65.2 Å². The summed E-state index contributed by atoms with van der Waals surface area (Å²) in [4.78, 5) is 2.76. The molecule has 2 atom stereocenters. The van der Waals surface area contributed by atoms with Crippen LogP contribution in [0.4, 0.5) is 0 Å². The quantitative estimate of drug-likeness (QED) is 0.262. The zero-order valence-corrected chi connectivity index (χ0v) is 23.8. The van der Waals surface area contributed by atoms with Crippen molar-refractivity contribution in [3.63, 3.8) is 0 Å². The maximum absolute atomic E-state index is 2.76. The van der Waals surface area contributed by atoms with Gasteiger partial charge in [-0.2, -0.15) is 0 Å². The summed E-state index contributed by atoms with van der Waals surface area (Å²) in [6.07, 6.45) is 11.1. The van der Waals surface area contributed by atoms with E-state index in [1.165, 1.54) is 64.5 Å². The molecule has 174 valence electrons. The first-order valence-electron chi connectivity index (χ1n) is 13.7. The normalized spacial score (nSPS) is 20.8. The third kappa shape index (κ3) is 5.14. The van der Waals surface area contributed by atoms with Crippen molar-refractivity contribution in [1.29, 1.82) is 0 Å². The molecule has 1 saturated heterocycles. The molecule has 0 bridgehead atoms. The molecule has 2 aliphatic rings. The van der Waals surface area contributed by atoms with E-state index in [9.17, 15) is 0 Å². The van der Waals surface area contributed by atoms with Crippen molar-refractivity contribution in [2.45, 2.75) is 97.4 Å². The molecule has 0 N–H and O–H groups in total. The number of nitrogens with zero attached hydrogens (tertiary/aromatic N) is 1. The molecular weight excluding hydrogens is 493 g/mol. The molecular formula is C30H45NSn. The van der Waals surface area contributed by atoms with Gasteiger partial charge in [0, 0.05) is 0 Å². The number of rotatable bonds is 11. The summed E-state index contributed by atoms with van der Waals surface area (Å²) in [7, 11) is 0. The molecule has 0 spiro atoms. The van der Waals surface area contributed by atoms with Crippen molar-refractivity contribution in [3.8, 4) is 0 Å². The van der Waals surface area contributed by atoms with Gasteiger partial charge in [-0.25, -0.2) is 0 Å². The molecule has 2 heterocycles. The Morgan fingerprint density at radius 1 is 0.781 bits per heavy atom. The van der Waals surface area contributed by atoms with Crippen LogP contribution in [0.5, 0.6) is 0 Å². The van der Waals surface area contributed by atoms with Gasteiger partial charge in [0.25, 0.3) is 0 Å². The average Bonchev–Trinajstić information content (AvgIpc) is 3.33. The second-order valence-electron chi connectivity index (χ2n) is 10.5. The Kier molecular flexibility index (Phi) is 8.79. The van der Waals surface area contributed by atoms with Crippen molar-refractivity contribution < 1.29 is 0 Å². The second-order valence-corrected chi connectivity index (χ2v) is 23.8. The predicted molar refractivity (Wildman–Crippen MR) is 143 cm³/mol. The molecule has 2 aliphatic heterocycles. The van der Waals surface area contributed by atoms with Gasteiger partial charge in [-0.3, -0.25) is 0 Å². The van der Waals surface area contributed by atoms with Gasteiger partial charge < -0.3 is 0 Å². The SMILES string of the molecule is CCC[CH2][Sn]([CH2]CCC)([CH2]CCC)[c]1ccc([C@@H]2CN3CCC[C@@H]3c3ccccc32)cc1. The summed E-state index contributed by atoms with van der Waals surface area (Å²) in [5, 5.41) is 0. The van der Waals surface area contributed by atoms with E-state index in [-0.39, 0.29) is 0 Å². The Hall–Kier alpha value is -0.801. The Bertz CT molecular complexity index is 820. The molecule has 0 radical (unpaired) electrons. The molecule has 1 nitrogen and oxygen atoms in total. The summed E-state index contributed by atoms with van der Waals surface area (Å²) in [6, 6.07) is 20.3. The molecule has 0 unspecified atom stereocenters. The van der Waals surface area contributed by atoms with Crippen LogP contribution < -0.4 is 3.58 Å². The van der Waals surface area contributed by atoms with Crippen LogP contribution in [-0.2, 0) is 0 Å². The van der Waals surface area contributed by atoms with Gasteiger partial charge in [0.2, 0.25) is 0 Å². The molecule has 0 saturated carbocycles. The minimum atomic E-state index is -2.33. The van der Waals surface area contributed by atoms with Gasteiger partial charge in [0.15, 0.2) is 0 Å². The zero-order valence-electron chi connectivity index (χ0n) is 20.9. The van der Waals surface area contributed by atoms with Gasteiger partial charge in [-0.1, -0.05) is 0 Å². The van der Waals surface area contributed by atoms with Crippen LogP contribution in [0.25, 0.3) is 0 Å². The van der Waals surface area contributed by atoms with E-state index in [2.05, 4.69) is 74.2 Å². The molecule has 2 aromatic rings. The van der Waals surface area contributed by atoms with Crippen molar-refractivity contribution in [1.82, 2.24) is 4.90 Å². The molecule has 2 heteroatoms. The van der Waals surface area contributed by atoms with Gasteiger partial charge in [-0.05, 0) is 0 Å². The third-order valence-electron chi connectivity index (χ3n) is 8.46. The predicted octanol–water partition coefficient (Wildman–Crippen LogP) is 8.03. The number of hydrogen-bond donors (Lipinski definition) is 0. The second kappa shape index (κ2) is 11.6. The van der Waals surface area contributed by atoms with E-state index in [0.29, 0.717) is 12.0 Å². The van der Waals surface area contributed by atoms with E-state index in [4.69, 9.17) is 0 Å². The molecule has 0 aliphatic carbocycles.